The van der Waals surface area contributed by atoms with E-state index in [9.17, 15) is 14.4 Å². The smallest absolute Gasteiger partial charge is 0.325 e. The van der Waals surface area contributed by atoms with Gasteiger partial charge in [-0.3, -0.25) is 14.5 Å². The second-order valence-electron chi connectivity index (χ2n) is 7.39. The topological polar surface area (TPSA) is 91.7 Å². The molecule has 2 heterocycles. The highest BCUT2D eigenvalue weighted by Gasteiger charge is 2.38. The van der Waals surface area contributed by atoms with Crippen molar-refractivity contribution in [1.82, 2.24) is 15.5 Å². The zero-order valence-corrected chi connectivity index (χ0v) is 14.5. The maximum atomic E-state index is 12.4. The van der Waals surface area contributed by atoms with E-state index < -0.39 is 12.1 Å². The van der Waals surface area contributed by atoms with Gasteiger partial charge in [0.25, 0.3) is 5.91 Å². The molecule has 0 spiro atoms. The number of carbonyl (C=O) groups is 3. The molecule has 0 radical (unpaired) electrons. The minimum Gasteiger partial charge on any atom is -0.467 e. The van der Waals surface area contributed by atoms with Crippen LogP contribution >= 0.6 is 0 Å². The second-order valence-corrected chi connectivity index (χ2v) is 7.39. The molecule has 138 valence electrons. The molecule has 26 heavy (non-hydrogen) atoms. The fourth-order valence-electron chi connectivity index (χ4n) is 4.22. The first-order valence-corrected chi connectivity index (χ1v) is 9.19. The average Bonchev–Trinajstić information content (AvgIpc) is 3.41. The van der Waals surface area contributed by atoms with Crippen molar-refractivity contribution in [3.8, 4) is 0 Å². The van der Waals surface area contributed by atoms with Gasteiger partial charge in [0.05, 0.1) is 12.8 Å². The van der Waals surface area contributed by atoms with Gasteiger partial charge in [0, 0.05) is 13.0 Å². The van der Waals surface area contributed by atoms with Crippen LogP contribution in [0, 0.1) is 17.8 Å². The third-order valence-corrected chi connectivity index (χ3v) is 5.64. The van der Waals surface area contributed by atoms with Gasteiger partial charge < -0.3 is 15.1 Å². The number of carbonyl (C=O) groups excluding carboxylic acids is 3. The average molecular weight is 357 g/mol. The van der Waals surface area contributed by atoms with Crippen molar-refractivity contribution in [3.63, 3.8) is 0 Å². The van der Waals surface area contributed by atoms with Crippen LogP contribution in [0.3, 0.4) is 0 Å². The summed E-state index contributed by atoms with van der Waals surface area (Å²) in [6, 6.07) is 2.34. The third-order valence-electron chi connectivity index (χ3n) is 5.64. The summed E-state index contributed by atoms with van der Waals surface area (Å²) in [5.74, 6) is 2.00. The van der Waals surface area contributed by atoms with Crippen LogP contribution in [0.5, 0.6) is 0 Å². The minimum absolute atomic E-state index is 0.0664. The molecule has 4 rings (SSSR count). The number of hydrogen-bond acceptors (Lipinski definition) is 4. The summed E-state index contributed by atoms with van der Waals surface area (Å²) in [5.41, 5.74) is 0. The quantitative estimate of drug-likeness (QED) is 0.575. The Kier molecular flexibility index (Phi) is 4.53. The van der Waals surface area contributed by atoms with Gasteiger partial charge in [0.2, 0.25) is 5.91 Å². The van der Waals surface area contributed by atoms with Crippen LogP contribution in [-0.2, 0) is 16.1 Å². The van der Waals surface area contributed by atoms with Crippen molar-refractivity contribution in [2.75, 3.05) is 6.54 Å². The number of urea groups is 1. The zero-order chi connectivity index (χ0) is 18.1. The van der Waals surface area contributed by atoms with Crippen molar-refractivity contribution in [2.45, 2.75) is 38.3 Å². The van der Waals surface area contributed by atoms with E-state index in [2.05, 4.69) is 22.8 Å². The standard InChI is InChI=1S/C19H23N3O4/c23-17(20-10-14-9-12-3-4-13(14)8-12)6-5-16-18(24)22(19(25)21-16)11-15-2-1-7-26-15/h1-4,7,12-14,16H,5-6,8-11H2,(H,20,23)(H,21,25)/t12-,13-,14+,16+/m0/s1. The molecule has 1 saturated carbocycles. The number of nitrogens with zero attached hydrogens (tertiary/aromatic N) is 1. The number of furan rings is 1. The van der Waals surface area contributed by atoms with Gasteiger partial charge in [-0.15, -0.1) is 0 Å². The van der Waals surface area contributed by atoms with Crippen LogP contribution in [0.25, 0.3) is 0 Å². The number of rotatable bonds is 7. The van der Waals surface area contributed by atoms with Crippen molar-refractivity contribution in [3.05, 3.63) is 36.3 Å². The van der Waals surface area contributed by atoms with Gasteiger partial charge in [-0.2, -0.15) is 0 Å². The van der Waals surface area contributed by atoms with Gasteiger partial charge in [-0.25, -0.2) is 4.79 Å². The lowest BCUT2D eigenvalue weighted by molar-refractivity contribution is -0.128. The normalized spacial score (nSPS) is 29.5. The Hall–Kier alpha value is -2.57. The van der Waals surface area contributed by atoms with Crippen molar-refractivity contribution in [2.24, 2.45) is 17.8 Å². The first-order valence-electron chi connectivity index (χ1n) is 9.19. The number of imide groups is 1. The minimum atomic E-state index is -0.645. The Balaban J connectivity index is 1.21. The van der Waals surface area contributed by atoms with Crippen LogP contribution in [-0.4, -0.2) is 35.3 Å². The molecule has 2 fully saturated rings. The Morgan fingerprint density at radius 1 is 1.31 bits per heavy atom. The number of amides is 4. The summed E-state index contributed by atoms with van der Waals surface area (Å²) in [5, 5.41) is 5.63. The highest BCUT2D eigenvalue weighted by molar-refractivity contribution is 6.04. The highest BCUT2D eigenvalue weighted by atomic mass is 16.3. The lowest BCUT2D eigenvalue weighted by atomic mass is 9.93. The first-order chi connectivity index (χ1) is 12.6. The second kappa shape index (κ2) is 6.97. The van der Waals surface area contributed by atoms with Gasteiger partial charge in [-0.05, 0) is 49.1 Å². The predicted molar refractivity (Wildman–Crippen MR) is 92.7 cm³/mol. The van der Waals surface area contributed by atoms with Crippen molar-refractivity contribution < 1.29 is 18.8 Å². The molecule has 4 atom stereocenters. The number of hydrogen-bond donors (Lipinski definition) is 2. The summed E-state index contributed by atoms with van der Waals surface area (Å²) in [6.07, 6.45) is 8.96. The maximum absolute atomic E-state index is 12.4. The molecular weight excluding hydrogens is 334 g/mol. The monoisotopic (exact) mass is 357 g/mol. The van der Waals surface area contributed by atoms with E-state index in [1.165, 1.54) is 12.7 Å². The van der Waals surface area contributed by atoms with Gasteiger partial charge in [-0.1, -0.05) is 12.2 Å². The summed E-state index contributed by atoms with van der Waals surface area (Å²) in [7, 11) is 0. The molecule has 1 saturated heterocycles. The Bertz CT molecular complexity index is 727. The van der Waals surface area contributed by atoms with Gasteiger partial charge in [0.1, 0.15) is 11.8 Å². The van der Waals surface area contributed by atoms with Gasteiger partial charge >= 0.3 is 6.03 Å². The summed E-state index contributed by atoms with van der Waals surface area (Å²) in [6.45, 7) is 0.804. The van der Waals surface area contributed by atoms with E-state index >= 15 is 0 Å². The SMILES string of the molecule is O=C(CC[C@H]1NC(=O)N(Cc2ccco2)C1=O)NC[C@H]1C[C@H]2C=C[C@H]1C2. The fraction of sp³-hybridized carbons (Fsp3) is 0.526. The molecule has 0 unspecified atom stereocenters. The molecule has 1 aromatic rings. The van der Waals surface area contributed by atoms with Crippen LogP contribution in [0.4, 0.5) is 4.79 Å². The Morgan fingerprint density at radius 2 is 2.19 bits per heavy atom. The molecule has 4 amide bonds. The molecule has 0 aromatic carbocycles. The lowest BCUT2D eigenvalue weighted by Crippen LogP contribution is -2.34. The number of allylic oxidation sites excluding steroid dienone is 2. The van der Waals surface area contributed by atoms with Crippen LogP contribution in [0.2, 0.25) is 0 Å². The fourth-order valence-corrected chi connectivity index (χ4v) is 4.22. The molecule has 7 heteroatoms. The highest BCUT2D eigenvalue weighted by Crippen LogP contribution is 2.42. The largest absolute Gasteiger partial charge is 0.467 e. The van der Waals surface area contributed by atoms with E-state index in [1.54, 1.807) is 12.1 Å². The Labute approximate surface area is 151 Å². The Morgan fingerprint density at radius 3 is 2.88 bits per heavy atom. The van der Waals surface area contributed by atoms with E-state index in [1.807, 2.05) is 0 Å². The molecular formula is C19H23N3O4. The van der Waals surface area contributed by atoms with Crippen LogP contribution < -0.4 is 10.6 Å². The van der Waals surface area contributed by atoms with Crippen molar-refractivity contribution >= 4 is 17.8 Å². The molecule has 1 aromatic heterocycles. The van der Waals surface area contributed by atoms with Crippen molar-refractivity contribution in [1.29, 1.82) is 0 Å². The van der Waals surface area contributed by atoms with Crippen LogP contribution in [0.15, 0.2) is 35.0 Å². The third kappa shape index (κ3) is 3.38. The molecule has 7 nitrogen and oxygen atoms in total. The summed E-state index contributed by atoms with van der Waals surface area (Å²) >= 11 is 0. The molecule has 2 N–H and O–H groups in total. The zero-order valence-electron chi connectivity index (χ0n) is 14.5. The molecule has 2 aliphatic carbocycles. The van der Waals surface area contributed by atoms with E-state index in [4.69, 9.17) is 4.42 Å². The first kappa shape index (κ1) is 16.9. The summed E-state index contributed by atoms with van der Waals surface area (Å²) in [4.78, 5) is 37.6. The van der Waals surface area contributed by atoms with Crippen LogP contribution in [0.1, 0.15) is 31.4 Å². The lowest BCUT2D eigenvalue weighted by Gasteiger charge is -2.18. The molecule has 2 bridgehead atoms. The number of fused-ring (bicyclic) bond motifs is 2. The van der Waals surface area contributed by atoms with E-state index in [-0.39, 0.29) is 24.8 Å². The van der Waals surface area contributed by atoms with E-state index in [0.717, 1.165) is 11.3 Å². The van der Waals surface area contributed by atoms with Gasteiger partial charge in [0.15, 0.2) is 0 Å². The maximum Gasteiger partial charge on any atom is 0.325 e. The molecule has 1 aliphatic heterocycles. The molecule has 3 aliphatic rings. The van der Waals surface area contributed by atoms with E-state index in [0.29, 0.717) is 36.5 Å². The predicted octanol–water partition coefficient (Wildman–Crippen LogP) is 1.81. The number of nitrogens with one attached hydrogen (secondary N) is 2. The summed E-state index contributed by atoms with van der Waals surface area (Å²) < 4.78 is 5.18.